The van der Waals surface area contributed by atoms with Gasteiger partial charge in [-0.25, -0.2) is 8.78 Å². The van der Waals surface area contributed by atoms with E-state index in [0.29, 0.717) is 18.9 Å². The summed E-state index contributed by atoms with van der Waals surface area (Å²) in [6, 6.07) is 2.66. The van der Waals surface area contributed by atoms with Crippen LogP contribution in [0.4, 0.5) is 8.78 Å². The van der Waals surface area contributed by atoms with Crippen molar-refractivity contribution in [2.24, 2.45) is 0 Å². The number of halogens is 2. The fourth-order valence-corrected chi connectivity index (χ4v) is 2.69. The quantitative estimate of drug-likeness (QED) is 0.669. The van der Waals surface area contributed by atoms with Crippen molar-refractivity contribution in [3.05, 3.63) is 35.4 Å². The smallest absolute Gasteiger partial charge is 0.326 e. The van der Waals surface area contributed by atoms with Crippen molar-refractivity contribution in [3.63, 3.8) is 0 Å². The van der Waals surface area contributed by atoms with Crippen molar-refractivity contribution in [1.29, 1.82) is 0 Å². The molecule has 0 unspecified atom stereocenters. The Morgan fingerprint density at radius 2 is 1.76 bits per heavy atom. The van der Waals surface area contributed by atoms with Crippen LogP contribution in [0.3, 0.4) is 0 Å². The van der Waals surface area contributed by atoms with Gasteiger partial charge in [0.25, 0.3) is 0 Å². The Hall–Kier alpha value is -1.82. The Kier molecular flexibility index (Phi) is 4.67. The molecule has 1 N–H and O–H groups in total. The molecule has 1 aromatic rings. The van der Waals surface area contributed by atoms with Crippen LogP contribution < -0.4 is 5.32 Å². The predicted molar refractivity (Wildman–Crippen MR) is 71.9 cm³/mol. The number of Topliss-reactive ketones (excluding diaryl/α,β-unsaturated/α-hetero) is 1. The minimum atomic E-state index is -0.865. The lowest BCUT2D eigenvalue weighted by Gasteiger charge is -2.26. The van der Waals surface area contributed by atoms with E-state index in [0.717, 1.165) is 25.0 Å². The summed E-state index contributed by atoms with van der Waals surface area (Å²) in [6.07, 6.45) is 2.91. The first kappa shape index (κ1) is 15.6. The lowest BCUT2D eigenvalue weighted by atomic mass is 9.97. The molecule has 1 saturated carbocycles. The van der Waals surface area contributed by atoms with Crippen LogP contribution in [0.2, 0.25) is 0 Å². The van der Waals surface area contributed by atoms with Crippen molar-refractivity contribution < 1.29 is 23.1 Å². The van der Waals surface area contributed by atoms with Gasteiger partial charge in [-0.05, 0) is 25.0 Å². The molecule has 2 rings (SSSR count). The Labute approximate surface area is 121 Å². The number of ether oxygens (including phenoxy) is 1. The van der Waals surface area contributed by atoms with Crippen LogP contribution in [0.5, 0.6) is 0 Å². The highest BCUT2D eigenvalue weighted by molar-refractivity contribution is 5.98. The number of methoxy groups -OCH3 is 1. The third kappa shape index (κ3) is 3.44. The number of carbonyl (C=O) groups is 2. The SMILES string of the molecule is COC(=O)C1(NCC(=O)c2cc(F)cc(F)c2)CCCC1. The van der Waals surface area contributed by atoms with Gasteiger partial charge in [-0.1, -0.05) is 12.8 Å². The minimum absolute atomic E-state index is 0.0574. The fraction of sp³-hybridized carbons (Fsp3) is 0.467. The molecule has 1 aromatic carbocycles. The zero-order chi connectivity index (χ0) is 15.5. The number of carbonyl (C=O) groups excluding carboxylic acids is 2. The molecule has 0 aromatic heterocycles. The summed E-state index contributed by atoms with van der Waals surface area (Å²) in [5, 5.41) is 2.91. The van der Waals surface area contributed by atoms with Crippen molar-refractivity contribution in [2.45, 2.75) is 31.2 Å². The van der Waals surface area contributed by atoms with E-state index < -0.39 is 28.9 Å². The first-order chi connectivity index (χ1) is 9.97. The lowest BCUT2D eigenvalue weighted by Crippen LogP contribution is -2.52. The highest BCUT2D eigenvalue weighted by Gasteiger charge is 2.42. The van der Waals surface area contributed by atoms with E-state index in [1.54, 1.807) is 0 Å². The highest BCUT2D eigenvalue weighted by Crippen LogP contribution is 2.30. The average Bonchev–Trinajstić information content (AvgIpc) is 2.93. The second-order valence-electron chi connectivity index (χ2n) is 5.22. The van der Waals surface area contributed by atoms with E-state index in [1.165, 1.54) is 7.11 Å². The molecule has 114 valence electrons. The van der Waals surface area contributed by atoms with Gasteiger partial charge in [0.2, 0.25) is 0 Å². The average molecular weight is 297 g/mol. The molecule has 0 bridgehead atoms. The lowest BCUT2D eigenvalue weighted by molar-refractivity contribution is -0.148. The fourth-order valence-electron chi connectivity index (χ4n) is 2.69. The van der Waals surface area contributed by atoms with Crippen molar-refractivity contribution in [3.8, 4) is 0 Å². The standard InChI is InChI=1S/C15H17F2NO3/c1-21-14(20)15(4-2-3-5-15)18-9-13(19)10-6-11(16)8-12(17)7-10/h6-8,18H,2-5,9H2,1H3. The first-order valence-electron chi connectivity index (χ1n) is 6.79. The first-order valence-corrected chi connectivity index (χ1v) is 6.79. The van der Waals surface area contributed by atoms with Crippen molar-refractivity contribution >= 4 is 11.8 Å². The van der Waals surface area contributed by atoms with Gasteiger partial charge < -0.3 is 4.74 Å². The van der Waals surface area contributed by atoms with Crippen molar-refractivity contribution in [2.75, 3.05) is 13.7 Å². The summed E-state index contributed by atoms with van der Waals surface area (Å²) in [7, 11) is 1.30. The summed E-state index contributed by atoms with van der Waals surface area (Å²) in [4.78, 5) is 23.9. The van der Waals surface area contributed by atoms with E-state index in [-0.39, 0.29) is 12.1 Å². The third-order valence-corrected chi connectivity index (χ3v) is 3.81. The van der Waals surface area contributed by atoms with Gasteiger partial charge in [0.15, 0.2) is 5.78 Å². The second-order valence-corrected chi connectivity index (χ2v) is 5.22. The topological polar surface area (TPSA) is 55.4 Å². The Bertz CT molecular complexity index is 534. The van der Waals surface area contributed by atoms with E-state index in [4.69, 9.17) is 4.74 Å². The number of ketones is 1. The predicted octanol–water partition coefficient (Wildman–Crippen LogP) is 2.22. The zero-order valence-corrected chi connectivity index (χ0v) is 11.7. The molecule has 1 aliphatic carbocycles. The summed E-state index contributed by atoms with van der Waals surface area (Å²) in [5.74, 6) is -2.48. The molecule has 4 nitrogen and oxygen atoms in total. The van der Waals surface area contributed by atoms with Crippen LogP contribution in [0, 0.1) is 11.6 Å². The molecule has 0 heterocycles. The second kappa shape index (κ2) is 6.30. The van der Waals surface area contributed by atoms with Crippen LogP contribution in [0.1, 0.15) is 36.0 Å². The maximum absolute atomic E-state index is 13.1. The molecule has 6 heteroatoms. The number of hydrogen-bond donors (Lipinski definition) is 1. The maximum atomic E-state index is 13.1. The molecule has 0 amide bonds. The molecule has 1 aliphatic rings. The zero-order valence-electron chi connectivity index (χ0n) is 11.7. The Morgan fingerprint density at radius 1 is 1.19 bits per heavy atom. The summed E-state index contributed by atoms with van der Waals surface area (Å²) in [5.41, 5.74) is -0.922. The van der Waals surface area contributed by atoms with Crippen LogP contribution >= 0.6 is 0 Å². The maximum Gasteiger partial charge on any atom is 0.326 e. The third-order valence-electron chi connectivity index (χ3n) is 3.81. The Morgan fingerprint density at radius 3 is 2.29 bits per heavy atom. The van der Waals surface area contributed by atoms with Crippen molar-refractivity contribution in [1.82, 2.24) is 5.32 Å². The van der Waals surface area contributed by atoms with Gasteiger partial charge >= 0.3 is 5.97 Å². The molecule has 21 heavy (non-hydrogen) atoms. The van der Waals surface area contributed by atoms with Gasteiger partial charge in [0.05, 0.1) is 13.7 Å². The number of rotatable bonds is 5. The largest absolute Gasteiger partial charge is 0.468 e. The molecule has 0 radical (unpaired) electrons. The van der Waals surface area contributed by atoms with Crippen LogP contribution in [-0.2, 0) is 9.53 Å². The summed E-state index contributed by atoms with van der Waals surface area (Å²) >= 11 is 0. The minimum Gasteiger partial charge on any atom is -0.468 e. The van der Waals surface area contributed by atoms with Gasteiger partial charge in [0, 0.05) is 11.6 Å². The van der Waals surface area contributed by atoms with Crippen LogP contribution in [0.25, 0.3) is 0 Å². The molecule has 0 atom stereocenters. The summed E-state index contributed by atoms with van der Waals surface area (Å²) < 4.78 is 31.0. The normalized spacial score (nSPS) is 16.7. The van der Waals surface area contributed by atoms with Crippen LogP contribution in [0.15, 0.2) is 18.2 Å². The monoisotopic (exact) mass is 297 g/mol. The van der Waals surface area contributed by atoms with E-state index in [2.05, 4.69) is 5.32 Å². The van der Waals surface area contributed by atoms with Crippen LogP contribution in [-0.4, -0.2) is 30.9 Å². The number of hydrogen-bond acceptors (Lipinski definition) is 4. The molecule has 1 fully saturated rings. The molecule has 0 aliphatic heterocycles. The van der Waals surface area contributed by atoms with Gasteiger partial charge in [-0.15, -0.1) is 0 Å². The molecular formula is C15H17F2NO3. The molecular weight excluding hydrogens is 280 g/mol. The van der Waals surface area contributed by atoms with E-state index >= 15 is 0 Å². The molecule has 0 spiro atoms. The Balaban J connectivity index is 2.07. The molecule has 0 saturated heterocycles. The van der Waals surface area contributed by atoms with E-state index in [9.17, 15) is 18.4 Å². The van der Waals surface area contributed by atoms with Gasteiger partial charge in [-0.3, -0.25) is 14.9 Å². The van der Waals surface area contributed by atoms with E-state index in [1.807, 2.05) is 0 Å². The highest BCUT2D eigenvalue weighted by atomic mass is 19.1. The number of esters is 1. The summed E-state index contributed by atoms with van der Waals surface area (Å²) in [6.45, 7) is -0.169. The van der Waals surface area contributed by atoms with Gasteiger partial charge in [-0.2, -0.15) is 0 Å². The number of benzene rings is 1. The van der Waals surface area contributed by atoms with Gasteiger partial charge in [0.1, 0.15) is 17.2 Å². The number of nitrogens with one attached hydrogen (secondary N) is 1.